The van der Waals surface area contributed by atoms with Gasteiger partial charge >= 0.3 is 0 Å². The molecule has 0 amide bonds. The Morgan fingerprint density at radius 2 is 0.815 bits per heavy atom. The van der Waals surface area contributed by atoms with Crippen LogP contribution in [0.3, 0.4) is 0 Å². The van der Waals surface area contributed by atoms with Gasteiger partial charge in [-0.3, -0.25) is 0 Å². The Balaban J connectivity index is 0.963. The molecule has 0 saturated carbocycles. The van der Waals surface area contributed by atoms with Crippen LogP contribution in [0.2, 0.25) is 0 Å². The van der Waals surface area contributed by atoms with Crippen LogP contribution < -0.4 is 5.32 Å². The second kappa shape index (κ2) is 19.4. The normalized spacial score (nSPS) is 13.9. The Morgan fingerprint density at radius 1 is 0.385 bits per heavy atom. The third-order valence-electron chi connectivity index (χ3n) is 15.3. The van der Waals surface area contributed by atoms with Crippen molar-refractivity contribution in [3.05, 3.63) is 179 Å². The highest BCUT2D eigenvalue weighted by Crippen LogP contribution is 2.56. The monoisotopic (exact) mass is 854 g/mol. The fourth-order valence-electron chi connectivity index (χ4n) is 11.5. The van der Waals surface area contributed by atoms with Gasteiger partial charge in [0.15, 0.2) is 0 Å². The van der Waals surface area contributed by atoms with Gasteiger partial charge in [-0.15, -0.1) is 0 Å². The summed E-state index contributed by atoms with van der Waals surface area (Å²) in [5.41, 5.74) is 24.1. The molecular weight excluding hydrogens is 783 g/mol. The lowest BCUT2D eigenvalue weighted by Gasteiger charge is -2.33. The number of hydrogen-bond acceptors (Lipinski definition) is 1. The summed E-state index contributed by atoms with van der Waals surface area (Å²) in [7, 11) is 0. The SMILES string of the molecule is CCCCCCCCC1(CCCCCCCC)c2ccccc2-c2ccc(-c3ccc4c(c3)C(C)(C)c3cc(-c5ccc(-c6ccc(Nc7ccc(C)cc7C)cc6)cc5)ccc3-4)cc21. The second-order valence-electron chi connectivity index (χ2n) is 20.2. The zero-order valence-corrected chi connectivity index (χ0v) is 40.3. The predicted octanol–water partition coefficient (Wildman–Crippen LogP) is 19.1. The summed E-state index contributed by atoms with van der Waals surface area (Å²) in [6, 6.07) is 55.9. The molecule has 1 N–H and O–H groups in total. The molecule has 2 aliphatic rings. The Kier molecular flexibility index (Phi) is 13.3. The molecule has 2 aliphatic carbocycles. The standard InChI is InChI=1S/C64H71N/c1-7-9-11-13-15-19-39-64(40-20-16-14-12-10-8-2)58-22-18-17-21-54(58)57-37-32-52(44-61(57)64)51-31-36-56-55-35-30-50(42-59(55)63(5,6)60(56)43-51)49-26-24-47(25-27-49)48-28-33-53(34-29-48)65-62-38-23-45(3)41-46(62)4/h17-18,21-38,41-44,65H,7-16,19-20,39-40H2,1-6H3. The molecule has 9 rings (SSSR count). The van der Waals surface area contributed by atoms with Crippen molar-refractivity contribution in [2.45, 2.75) is 142 Å². The van der Waals surface area contributed by atoms with Crippen molar-refractivity contribution in [3.63, 3.8) is 0 Å². The first kappa shape index (κ1) is 44.5. The molecule has 7 aromatic carbocycles. The topological polar surface area (TPSA) is 12.0 Å². The highest BCUT2D eigenvalue weighted by atomic mass is 14.9. The van der Waals surface area contributed by atoms with E-state index in [0.717, 1.165) is 11.4 Å². The van der Waals surface area contributed by atoms with Crippen molar-refractivity contribution in [2.75, 3.05) is 5.32 Å². The van der Waals surface area contributed by atoms with E-state index in [1.165, 1.54) is 168 Å². The molecule has 0 aromatic heterocycles. The first-order chi connectivity index (χ1) is 31.7. The average Bonchev–Trinajstić information content (AvgIpc) is 3.73. The van der Waals surface area contributed by atoms with Gasteiger partial charge in [0.25, 0.3) is 0 Å². The van der Waals surface area contributed by atoms with Gasteiger partial charge < -0.3 is 5.32 Å². The maximum absolute atomic E-state index is 3.59. The van der Waals surface area contributed by atoms with Gasteiger partial charge in [0.05, 0.1) is 0 Å². The molecule has 0 bridgehead atoms. The summed E-state index contributed by atoms with van der Waals surface area (Å²) in [5.74, 6) is 0. The number of hydrogen-bond donors (Lipinski definition) is 1. The molecular formula is C64H71N. The minimum Gasteiger partial charge on any atom is -0.355 e. The summed E-state index contributed by atoms with van der Waals surface area (Å²) >= 11 is 0. The predicted molar refractivity (Wildman–Crippen MR) is 282 cm³/mol. The third kappa shape index (κ3) is 9.01. The quantitative estimate of drug-likeness (QED) is 0.0799. The van der Waals surface area contributed by atoms with Gasteiger partial charge in [-0.2, -0.15) is 0 Å². The van der Waals surface area contributed by atoms with E-state index in [0.29, 0.717) is 0 Å². The van der Waals surface area contributed by atoms with E-state index >= 15 is 0 Å². The van der Waals surface area contributed by atoms with Crippen LogP contribution in [0, 0.1) is 13.8 Å². The number of anilines is 2. The molecule has 0 spiro atoms. The average molecular weight is 854 g/mol. The molecule has 1 nitrogen and oxygen atoms in total. The van der Waals surface area contributed by atoms with Crippen LogP contribution in [0.25, 0.3) is 55.6 Å². The molecule has 0 unspecified atom stereocenters. The van der Waals surface area contributed by atoms with Crippen molar-refractivity contribution < 1.29 is 0 Å². The number of aryl methyl sites for hydroxylation is 2. The van der Waals surface area contributed by atoms with Gasteiger partial charge in [0.2, 0.25) is 0 Å². The minimum absolute atomic E-state index is 0.0849. The molecule has 0 fully saturated rings. The van der Waals surface area contributed by atoms with Gasteiger partial charge in [-0.25, -0.2) is 0 Å². The van der Waals surface area contributed by atoms with E-state index in [4.69, 9.17) is 0 Å². The molecule has 0 heterocycles. The van der Waals surface area contributed by atoms with E-state index in [1.54, 1.807) is 11.1 Å². The van der Waals surface area contributed by atoms with Crippen LogP contribution in [0.5, 0.6) is 0 Å². The zero-order valence-electron chi connectivity index (χ0n) is 40.3. The Hall–Kier alpha value is -5.66. The highest BCUT2D eigenvalue weighted by molar-refractivity contribution is 5.88. The van der Waals surface area contributed by atoms with Gasteiger partial charge in [-0.1, -0.05) is 220 Å². The van der Waals surface area contributed by atoms with Crippen LogP contribution in [0.1, 0.15) is 151 Å². The molecule has 0 saturated heterocycles. The number of unbranched alkanes of at least 4 members (excludes halogenated alkanes) is 10. The fraction of sp³-hybridized carbons (Fsp3) is 0.344. The maximum atomic E-state index is 3.59. The Labute approximate surface area is 391 Å². The molecule has 0 atom stereocenters. The molecule has 1 heteroatoms. The first-order valence-corrected chi connectivity index (χ1v) is 25.3. The van der Waals surface area contributed by atoms with Crippen LogP contribution >= 0.6 is 0 Å². The first-order valence-electron chi connectivity index (χ1n) is 25.3. The number of fused-ring (bicyclic) bond motifs is 6. The van der Waals surface area contributed by atoms with E-state index in [-0.39, 0.29) is 10.8 Å². The molecule has 0 aliphatic heterocycles. The van der Waals surface area contributed by atoms with Crippen molar-refractivity contribution in [1.82, 2.24) is 0 Å². The van der Waals surface area contributed by atoms with Gasteiger partial charge in [0, 0.05) is 22.2 Å². The number of benzene rings is 7. The van der Waals surface area contributed by atoms with Gasteiger partial charge in [-0.05, 0) is 147 Å². The van der Waals surface area contributed by atoms with E-state index in [1.807, 2.05) is 0 Å². The van der Waals surface area contributed by atoms with Crippen molar-refractivity contribution in [3.8, 4) is 55.6 Å². The molecule has 65 heavy (non-hydrogen) atoms. The van der Waals surface area contributed by atoms with Crippen molar-refractivity contribution >= 4 is 11.4 Å². The van der Waals surface area contributed by atoms with Crippen LogP contribution in [0.15, 0.2) is 146 Å². The van der Waals surface area contributed by atoms with Gasteiger partial charge in [0.1, 0.15) is 0 Å². The van der Waals surface area contributed by atoms with E-state index in [2.05, 4.69) is 192 Å². The summed E-state index contributed by atoms with van der Waals surface area (Å²) in [4.78, 5) is 0. The second-order valence-corrected chi connectivity index (χ2v) is 20.2. The van der Waals surface area contributed by atoms with Crippen molar-refractivity contribution in [1.29, 1.82) is 0 Å². The Morgan fingerprint density at radius 3 is 1.37 bits per heavy atom. The lowest BCUT2D eigenvalue weighted by Crippen LogP contribution is -2.25. The Bertz CT molecular complexity index is 2730. The van der Waals surface area contributed by atoms with Crippen molar-refractivity contribution in [2.24, 2.45) is 0 Å². The highest BCUT2D eigenvalue weighted by Gasteiger charge is 2.42. The number of rotatable bonds is 19. The minimum atomic E-state index is -0.115. The van der Waals surface area contributed by atoms with E-state index in [9.17, 15) is 0 Å². The number of nitrogens with one attached hydrogen (secondary N) is 1. The summed E-state index contributed by atoms with van der Waals surface area (Å²) in [6.07, 6.45) is 18.6. The summed E-state index contributed by atoms with van der Waals surface area (Å²) in [6.45, 7) is 13.8. The summed E-state index contributed by atoms with van der Waals surface area (Å²) in [5, 5.41) is 3.59. The lowest BCUT2D eigenvalue weighted by atomic mass is 9.70. The maximum Gasteiger partial charge on any atom is 0.0414 e. The molecule has 7 aromatic rings. The summed E-state index contributed by atoms with van der Waals surface area (Å²) < 4.78 is 0. The smallest absolute Gasteiger partial charge is 0.0414 e. The van der Waals surface area contributed by atoms with Crippen LogP contribution in [-0.2, 0) is 10.8 Å². The lowest BCUT2D eigenvalue weighted by molar-refractivity contribution is 0.398. The largest absolute Gasteiger partial charge is 0.355 e. The van der Waals surface area contributed by atoms with Crippen LogP contribution in [0.4, 0.5) is 11.4 Å². The molecule has 332 valence electrons. The fourth-order valence-corrected chi connectivity index (χ4v) is 11.5. The van der Waals surface area contributed by atoms with E-state index < -0.39 is 0 Å². The molecule has 0 radical (unpaired) electrons. The van der Waals surface area contributed by atoms with Crippen LogP contribution in [-0.4, -0.2) is 0 Å². The zero-order chi connectivity index (χ0) is 45.0. The third-order valence-corrected chi connectivity index (χ3v) is 15.3.